The van der Waals surface area contributed by atoms with E-state index in [-0.39, 0.29) is 23.5 Å². The summed E-state index contributed by atoms with van der Waals surface area (Å²) >= 11 is 5.85. The number of halogens is 1. The second-order valence-corrected chi connectivity index (χ2v) is 27.2. The van der Waals surface area contributed by atoms with Gasteiger partial charge in [-0.25, -0.2) is 19.3 Å². The van der Waals surface area contributed by atoms with Gasteiger partial charge in [-0.1, -0.05) is 60.7 Å². The number of amides is 3. The Hall–Kier alpha value is -13.9. The minimum absolute atomic E-state index is 0.0289. The van der Waals surface area contributed by atoms with Crippen LogP contribution in [0.1, 0.15) is 107 Å². The Morgan fingerprint density at radius 2 is 0.891 bits per heavy atom. The number of ketones is 1. The molecule has 9 N–H and O–H groups in total. The van der Waals surface area contributed by atoms with E-state index < -0.39 is 11.7 Å². The molecule has 0 aliphatic carbocycles. The van der Waals surface area contributed by atoms with Crippen molar-refractivity contribution in [3.05, 3.63) is 314 Å². The highest BCUT2D eigenvalue weighted by atomic mass is 35.5. The molecule has 5 heterocycles. The van der Waals surface area contributed by atoms with Gasteiger partial charge in [0.1, 0.15) is 5.60 Å². The van der Waals surface area contributed by atoms with Gasteiger partial charge in [0, 0.05) is 129 Å². The fraction of sp³-hybridized carbons (Fsp3) is 0.180. The Bertz CT molecular complexity index is 5900. The minimum atomic E-state index is -0.466. The van der Waals surface area contributed by atoms with Crippen LogP contribution < -0.4 is 27.4 Å². The van der Waals surface area contributed by atoms with Crippen molar-refractivity contribution in [3.8, 4) is 29.2 Å². The fourth-order valence-electron chi connectivity index (χ4n) is 12.4. The number of aryl methyl sites for hydroxylation is 4. The van der Waals surface area contributed by atoms with E-state index in [1.165, 1.54) is 24.9 Å². The van der Waals surface area contributed by atoms with Crippen molar-refractivity contribution in [2.45, 2.75) is 101 Å². The molecule has 3 amide bonds. The third-order valence-corrected chi connectivity index (χ3v) is 17.6. The van der Waals surface area contributed by atoms with Gasteiger partial charge in [-0.15, -0.1) is 11.6 Å². The number of aromatic nitrogens is 5. The number of Topliss-reactive ketones (excluding diaryl/α,β-unsaturated/α-hetero) is 1. The number of alkyl halides is 1. The van der Waals surface area contributed by atoms with E-state index >= 15 is 0 Å². The quantitative estimate of drug-likeness (QED) is 0.0265. The number of hydrogen-bond donors (Lipinski definition) is 7. The molecule has 0 saturated heterocycles. The van der Waals surface area contributed by atoms with E-state index in [1.807, 2.05) is 174 Å². The summed E-state index contributed by atoms with van der Waals surface area (Å²) in [4.78, 5) is 63.1. The highest BCUT2D eigenvalue weighted by Crippen LogP contribution is 2.33. The second-order valence-electron chi connectivity index (χ2n) is 27.0. The summed E-state index contributed by atoms with van der Waals surface area (Å²) in [6, 6.07) is 71.8. The minimum Gasteiger partial charge on any atom is -0.444 e. The van der Waals surface area contributed by atoms with E-state index in [0.29, 0.717) is 65.6 Å². The number of nitrogens with two attached hydrogens (primary N) is 2. The highest BCUT2D eigenvalue weighted by molar-refractivity contribution is 6.32. The van der Waals surface area contributed by atoms with Crippen LogP contribution in [0.5, 0.6) is 0 Å². The van der Waals surface area contributed by atoms with Crippen LogP contribution in [0.25, 0.3) is 86.1 Å². The molecule has 0 spiro atoms. The van der Waals surface area contributed by atoms with Crippen molar-refractivity contribution in [2.24, 2.45) is 5.73 Å². The summed E-state index contributed by atoms with van der Waals surface area (Å²) < 4.78 is 11.6. The number of aromatic amines is 2. The monoisotopic (exact) mass is 1480 g/mol. The molecule has 0 radical (unpaired) electrons. The maximum atomic E-state index is 12.5. The maximum Gasteiger partial charge on any atom is 0.407 e. The molecule has 9 aromatic carbocycles. The molecule has 0 fully saturated rings. The van der Waals surface area contributed by atoms with Crippen molar-refractivity contribution in [2.75, 3.05) is 11.6 Å². The van der Waals surface area contributed by atoms with Gasteiger partial charge in [0.15, 0.2) is 22.8 Å². The molecule has 0 unspecified atom stereocenters. The maximum absolute atomic E-state index is 12.5. The van der Waals surface area contributed by atoms with Gasteiger partial charge < -0.3 is 55.8 Å². The van der Waals surface area contributed by atoms with Gasteiger partial charge >= 0.3 is 6.09 Å². The number of fused-ring (bicyclic) bond motifs is 5. The number of H-pyrrole nitrogens is 2. The number of carbonyl (C=O) groups is 4. The van der Waals surface area contributed by atoms with Crippen LogP contribution in [0.2, 0.25) is 0 Å². The van der Waals surface area contributed by atoms with Gasteiger partial charge in [-0.05, 0) is 235 Å². The molecule has 0 aliphatic heterocycles. The molecule has 5 aromatic heterocycles. The lowest BCUT2D eigenvalue weighted by atomic mass is 10.1. The Kier molecular flexibility index (Phi) is 26.9. The molecule has 14 aromatic rings. The van der Waals surface area contributed by atoms with Crippen LogP contribution in [0.15, 0.2) is 212 Å². The Labute approximate surface area is 644 Å². The number of nitrogen functional groups attached to an aromatic ring is 1. The molecule has 552 valence electrons. The normalized spacial score (nSPS) is 10.5. The number of rotatable bonds is 12. The van der Waals surface area contributed by atoms with E-state index in [4.69, 9.17) is 58.0 Å². The first-order chi connectivity index (χ1) is 52.7. The first-order valence-electron chi connectivity index (χ1n) is 35.1. The fourth-order valence-corrected chi connectivity index (χ4v) is 12.5. The summed E-state index contributed by atoms with van der Waals surface area (Å²) in [5.41, 5.74) is 32.9. The Morgan fingerprint density at radius 3 is 1.34 bits per heavy atom. The smallest absolute Gasteiger partial charge is 0.407 e. The predicted octanol–water partition coefficient (Wildman–Crippen LogP) is 19.6. The first kappa shape index (κ1) is 80.2. The van der Waals surface area contributed by atoms with Crippen molar-refractivity contribution in [1.82, 2.24) is 39.6 Å². The highest BCUT2D eigenvalue weighted by Gasteiger charge is 2.22. The summed E-state index contributed by atoms with van der Waals surface area (Å²) in [6.07, 6.45) is -0.391. The topological polar surface area (TPSA) is 273 Å². The Morgan fingerprint density at radius 1 is 0.491 bits per heavy atom. The number of alkyl carbamates (subject to hydrolysis) is 1. The standard InChI is InChI=1S/C21H18ClN3O2.C19H17N3O.C17H15N3.C15H20N2O2.C10H8N2.C7H6N2/c1-13-21(20(27)11-22)18-10-15(12-24-14(2)26)4-9-19(18)25(13)17-7-5-16(23-3)6-8-17;1-13-10-16-11-15(12-21-14(2)23)4-9-19(16)22(13)18-7-5-17(20-3)6-8-18;1-12-9-14-10-13(11-18)3-8-17(14)20(12)16-6-4-15(19-2)5-7-16;1-10-7-12-8-11(5-6-13(12)17-10)9-16-14(18)19-15(2,3)4;1-7-4-9-5-8(6-11)2-3-10(9)12-7;8-5-6-1-3-7(9)4-2-6/h4-10H,11-12H2,1-2H3,(H,24,26);4-11H,12H2,1-2H3,(H,21,23);3-10H,11,18H2,1H3;5-8,17H,9H2,1-4H3,(H,16,18);2-5,12H,1H3;1-4H,9H2. The summed E-state index contributed by atoms with van der Waals surface area (Å²) in [6.45, 7) is 41.7. The van der Waals surface area contributed by atoms with Crippen LogP contribution >= 0.6 is 11.6 Å². The van der Waals surface area contributed by atoms with E-state index in [2.05, 4.69) is 124 Å². The summed E-state index contributed by atoms with van der Waals surface area (Å²) in [7, 11) is 0. The number of ether oxygens (including phenoxy) is 1. The van der Waals surface area contributed by atoms with E-state index in [9.17, 15) is 19.2 Å². The molecular weight excluding hydrogens is 1390 g/mol. The lowest BCUT2D eigenvalue weighted by molar-refractivity contribution is -0.120. The van der Waals surface area contributed by atoms with Crippen LogP contribution in [0.4, 0.5) is 27.5 Å². The first-order valence-corrected chi connectivity index (χ1v) is 35.6. The molecule has 21 heteroatoms. The van der Waals surface area contributed by atoms with Crippen molar-refractivity contribution < 1.29 is 23.9 Å². The van der Waals surface area contributed by atoms with Gasteiger partial charge in [0.05, 0.1) is 65.4 Å². The molecule has 110 heavy (non-hydrogen) atoms. The van der Waals surface area contributed by atoms with Crippen molar-refractivity contribution in [3.63, 3.8) is 0 Å². The molecule has 20 nitrogen and oxygen atoms in total. The van der Waals surface area contributed by atoms with Crippen molar-refractivity contribution in [1.29, 1.82) is 10.5 Å². The van der Waals surface area contributed by atoms with E-state index in [1.54, 1.807) is 36.4 Å². The number of nitrogens with one attached hydrogen (secondary N) is 5. The lowest BCUT2D eigenvalue weighted by Gasteiger charge is -2.19. The average Bonchev–Trinajstić information content (AvgIpc) is 1.61. The lowest BCUT2D eigenvalue weighted by Crippen LogP contribution is -2.32. The van der Waals surface area contributed by atoms with Gasteiger partial charge in [-0.3, -0.25) is 14.4 Å². The Balaban J connectivity index is 0.000000156. The van der Waals surface area contributed by atoms with Crippen LogP contribution in [-0.4, -0.2) is 58.8 Å². The molecule has 0 saturated carbocycles. The average molecular weight is 1480 g/mol. The van der Waals surface area contributed by atoms with Crippen LogP contribution in [0.3, 0.4) is 0 Å². The number of benzene rings is 9. The molecular formula is C89H84ClN15O5. The SMILES string of the molecule is Cc1cc2cc(C#N)ccc2[nH]1.Cc1cc2cc(CNC(=O)OC(C)(C)C)ccc2[nH]1.N#Cc1ccc(N)cc1.[C-]#[N+]c1ccc(-n2c(C)c(C(=O)CCl)c3cc(CNC(C)=O)ccc32)cc1.[C-]#[N+]c1ccc(-n2c(C)cc3cc(CN)ccc32)cc1.[C-]#[N+]c1ccc(-n2c(C)cc3cc(CNC(C)=O)ccc32)cc1. The third kappa shape index (κ3) is 21.0. The van der Waals surface area contributed by atoms with E-state index in [0.717, 1.165) is 111 Å². The summed E-state index contributed by atoms with van der Waals surface area (Å²) in [5.74, 6) is -0.390. The zero-order valence-corrected chi connectivity index (χ0v) is 63.7. The number of nitrogens with zero attached hydrogens (tertiary/aromatic N) is 8. The summed E-state index contributed by atoms with van der Waals surface area (Å²) in [5, 5.41) is 30.7. The zero-order valence-electron chi connectivity index (χ0n) is 62.9. The van der Waals surface area contributed by atoms with Crippen LogP contribution in [0, 0.1) is 77.0 Å². The predicted molar refractivity (Wildman–Crippen MR) is 440 cm³/mol. The van der Waals surface area contributed by atoms with Gasteiger partial charge in [0.2, 0.25) is 11.8 Å². The van der Waals surface area contributed by atoms with Crippen LogP contribution in [-0.2, 0) is 40.5 Å². The van der Waals surface area contributed by atoms with Gasteiger partial charge in [0.25, 0.3) is 0 Å². The van der Waals surface area contributed by atoms with Crippen molar-refractivity contribution >= 4 is 113 Å². The molecule has 0 bridgehead atoms. The number of carbonyl (C=O) groups excluding carboxylic acids is 4. The number of hydrogen-bond acceptors (Lipinski definition) is 9. The number of anilines is 1. The second kappa shape index (κ2) is 36.9. The molecule has 0 aliphatic rings. The zero-order chi connectivity index (χ0) is 79.3. The molecule has 14 rings (SSSR count). The molecule has 0 atom stereocenters. The van der Waals surface area contributed by atoms with Gasteiger partial charge in [-0.2, -0.15) is 10.5 Å². The number of nitriles is 2. The largest absolute Gasteiger partial charge is 0.444 e. The third-order valence-electron chi connectivity index (χ3n) is 17.4.